The molecule has 0 nitrogen and oxygen atoms in total. The van der Waals surface area contributed by atoms with E-state index in [1.54, 1.807) is 0 Å². The molecule has 0 heteroatoms. The number of aryl methyl sites for hydroxylation is 1. The lowest BCUT2D eigenvalue weighted by Gasteiger charge is -1.96. The van der Waals surface area contributed by atoms with Crippen LogP contribution in [-0.4, -0.2) is 0 Å². The Hall–Kier alpha value is -2.34. The van der Waals surface area contributed by atoms with Gasteiger partial charge < -0.3 is 0 Å². The van der Waals surface area contributed by atoms with Gasteiger partial charge in [0.05, 0.1) is 0 Å². The Kier molecular flexibility index (Phi) is 19.2. The smallest absolute Gasteiger partial charge is 0.0244 e. The van der Waals surface area contributed by atoms with Gasteiger partial charge in [0.25, 0.3) is 0 Å². The average Bonchev–Trinajstić information content (AvgIpc) is 2.80. The van der Waals surface area contributed by atoms with Crippen molar-refractivity contribution < 1.29 is 0 Å². The SMILES string of the molecule is C/C=C/CC/C=C/CC/C=C/CC/C=C/CC/C=C/CC/C=C/CCc1ccccc1. The predicted octanol–water partition coefficient (Wildman–Crippen LogP) is 9.88. The zero-order chi connectivity index (χ0) is 22.1. The van der Waals surface area contributed by atoms with Crippen molar-refractivity contribution in [2.75, 3.05) is 0 Å². The molecule has 1 aromatic carbocycles. The minimum Gasteiger partial charge on any atom is -0.0917 e. The van der Waals surface area contributed by atoms with Crippen molar-refractivity contribution >= 4 is 0 Å². The zero-order valence-corrected chi connectivity index (χ0v) is 19.8. The van der Waals surface area contributed by atoms with E-state index in [9.17, 15) is 0 Å². The van der Waals surface area contributed by atoms with Crippen LogP contribution in [0.25, 0.3) is 0 Å². The van der Waals surface area contributed by atoms with Crippen molar-refractivity contribution in [2.45, 2.75) is 84.0 Å². The molecular formula is C31H44. The highest BCUT2D eigenvalue weighted by Gasteiger charge is 1.88. The Morgan fingerprint density at radius 3 is 1.10 bits per heavy atom. The van der Waals surface area contributed by atoms with Crippen molar-refractivity contribution in [3.8, 4) is 0 Å². The second-order valence-electron chi connectivity index (χ2n) is 7.84. The summed E-state index contributed by atoms with van der Waals surface area (Å²) in [6, 6.07) is 10.7. The third kappa shape index (κ3) is 19.4. The molecule has 0 N–H and O–H groups in total. The molecule has 0 aromatic heterocycles. The van der Waals surface area contributed by atoms with Gasteiger partial charge in [0.2, 0.25) is 0 Å². The fourth-order valence-electron chi connectivity index (χ4n) is 3.20. The monoisotopic (exact) mass is 416 g/mol. The zero-order valence-electron chi connectivity index (χ0n) is 19.8. The summed E-state index contributed by atoms with van der Waals surface area (Å²) < 4.78 is 0. The van der Waals surface area contributed by atoms with Crippen molar-refractivity contribution in [3.63, 3.8) is 0 Å². The van der Waals surface area contributed by atoms with Crippen LogP contribution in [0.1, 0.15) is 83.1 Å². The number of allylic oxidation sites excluding steroid dienone is 12. The number of benzene rings is 1. The maximum atomic E-state index is 2.33. The minimum atomic E-state index is 1.14. The molecule has 0 aliphatic rings. The first-order valence-corrected chi connectivity index (χ1v) is 12.3. The van der Waals surface area contributed by atoms with Crippen LogP contribution in [0.15, 0.2) is 103 Å². The Morgan fingerprint density at radius 1 is 0.419 bits per heavy atom. The summed E-state index contributed by atoms with van der Waals surface area (Å²) in [6.45, 7) is 2.08. The van der Waals surface area contributed by atoms with Crippen LogP contribution in [0.3, 0.4) is 0 Å². The highest BCUT2D eigenvalue weighted by molar-refractivity contribution is 5.15. The van der Waals surface area contributed by atoms with Gasteiger partial charge >= 0.3 is 0 Å². The van der Waals surface area contributed by atoms with Crippen molar-refractivity contribution in [2.24, 2.45) is 0 Å². The van der Waals surface area contributed by atoms with Gasteiger partial charge in [-0.05, 0) is 89.5 Å². The highest BCUT2D eigenvalue weighted by Crippen LogP contribution is 2.05. The third-order valence-electron chi connectivity index (χ3n) is 5.01. The molecular weight excluding hydrogens is 372 g/mol. The largest absolute Gasteiger partial charge is 0.0917 e. The summed E-state index contributed by atoms with van der Waals surface area (Å²) >= 11 is 0. The summed E-state index contributed by atoms with van der Waals surface area (Å²) in [5, 5.41) is 0. The molecule has 168 valence electrons. The minimum absolute atomic E-state index is 1.14. The predicted molar refractivity (Wildman–Crippen MR) is 141 cm³/mol. The van der Waals surface area contributed by atoms with Crippen LogP contribution in [0.5, 0.6) is 0 Å². The summed E-state index contributed by atoms with van der Waals surface area (Å²) in [5.74, 6) is 0. The van der Waals surface area contributed by atoms with Crippen molar-refractivity contribution in [3.05, 3.63) is 109 Å². The average molecular weight is 417 g/mol. The normalized spacial score (nSPS) is 12.8. The molecule has 0 atom stereocenters. The third-order valence-corrected chi connectivity index (χ3v) is 5.01. The number of rotatable bonds is 18. The molecule has 0 saturated carbocycles. The fourth-order valence-corrected chi connectivity index (χ4v) is 3.20. The lowest BCUT2D eigenvalue weighted by molar-refractivity contribution is 0.964. The Bertz CT molecular complexity index is 667. The molecule has 0 heterocycles. The topological polar surface area (TPSA) is 0 Å². The van der Waals surface area contributed by atoms with Crippen LogP contribution in [-0.2, 0) is 6.42 Å². The number of unbranched alkanes of at least 4 members (excludes halogenated alkanes) is 5. The molecule has 0 bridgehead atoms. The first-order chi connectivity index (χ1) is 15.4. The van der Waals surface area contributed by atoms with E-state index in [0.717, 1.165) is 70.6 Å². The molecule has 0 spiro atoms. The van der Waals surface area contributed by atoms with E-state index in [-0.39, 0.29) is 0 Å². The van der Waals surface area contributed by atoms with Crippen molar-refractivity contribution in [1.82, 2.24) is 0 Å². The molecule has 0 unspecified atom stereocenters. The van der Waals surface area contributed by atoms with Gasteiger partial charge in [0, 0.05) is 0 Å². The Balaban J connectivity index is 1.86. The van der Waals surface area contributed by atoms with E-state index in [2.05, 4.69) is 110 Å². The molecule has 0 fully saturated rings. The second kappa shape index (κ2) is 22.3. The van der Waals surface area contributed by atoms with Gasteiger partial charge in [-0.25, -0.2) is 0 Å². The van der Waals surface area contributed by atoms with Crippen molar-refractivity contribution in [1.29, 1.82) is 0 Å². The highest BCUT2D eigenvalue weighted by atomic mass is 13.9. The molecule has 1 aromatic rings. The molecule has 1 rings (SSSR count). The van der Waals surface area contributed by atoms with Crippen LogP contribution in [0.4, 0.5) is 0 Å². The first-order valence-electron chi connectivity index (χ1n) is 12.3. The van der Waals surface area contributed by atoms with Crippen LogP contribution in [0, 0.1) is 0 Å². The maximum absolute atomic E-state index is 2.33. The molecule has 0 saturated heterocycles. The standard InChI is InChI=1S/C31H44/c1-2-3-4-5-6-7-8-9-10-11-12-13-14-15-16-17-18-19-20-21-22-23-25-28-31-29-26-24-27-30-31/h2-3,6-7,10-11,14-15,18-19,22-24,26-27,29-30H,4-5,8-9,12-13,16-17,20-21,25,28H2,1H3/b3-2+,7-6+,11-10+,15-14+,19-18+,23-22+. The van der Waals surface area contributed by atoms with Gasteiger partial charge in [-0.1, -0.05) is 103 Å². The van der Waals surface area contributed by atoms with E-state index in [0.29, 0.717) is 0 Å². The van der Waals surface area contributed by atoms with E-state index in [1.165, 1.54) is 12.0 Å². The summed E-state index contributed by atoms with van der Waals surface area (Å²) in [7, 11) is 0. The van der Waals surface area contributed by atoms with Gasteiger partial charge in [-0.15, -0.1) is 0 Å². The molecule has 0 aliphatic carbocycles. The van der Waals surface area contributed by atoms with Gasteiger partial charge in [-0.2, -0.15) is 0 Å². The van der Waals surface area contributed by atoms with Crippen LogP contribution < -0.4 is 0 Å². The molecule has 0 radical (unpaired) electrons. The summed E-state index contributed by atoms with van der Waals surface area (Å²) in [6.07, 6.45) is 41.4. The fraction of sp³-hybridized carbons (Fsp3) is 0.419. The lowest BCUT2D eigenvalue weighted by atomic mass is 10.1. The molecule has 31 heavy (non-hydrogen) atoms. The van der Waals surface area contributed by atoms with E-state index in [1.807, 2.05) is 0 Å². The van der Waals surface area contributed by atoms with E-state index >= 15 is 0 Å². The van der Waals surface area contributed by atoms with E-state index in [4.69, 9.17) is 0 Å². The van der Waals surface area contributed by atoms with Crippen LogP contribution >= 0.6 is 0 Å². The molecule has 0 amide bonds. The van der Waals surface area contributed by atoms with Gasteiger partial charge in [0.1, 0.15) is 0 Å². The van der Waals surface area contributed by atoms with Gasteiger partial charge in [0.15, 0.2) is 0 Å². The second-order valence-corrected chi connectivity index (χ2v) is 7.84. The summed E-state index contributed by atoms with van der Waals surface area (Å²) in [5.41, 5.74) is 1.43. The molecule has 0 aliphatic heterocycles. The summed E-state index contributed by atoms with van der Waals surface area (Å²) in [4.78, 5) is 0. The number of hydrogen-bond acceptors (Lipinski definition) is 0. The quantitative estimate of drug-likeness (QED) is 0.165. The van der Waals surface area contributed by atoms with E-state index < -0.39 is 0 Å². The maximum Gasteiger partial charge on any atom is -0.0244 e. The van der Waals surface area contributed by atoms with Gasteiger partial charge in [-0.3, -0.25) is 0 Å². The van der Waals surface area contributed by atoms with Crippen LogP contribution in [0.2, 0.25) is 0 Å². The Labute approximate surface area is 192 Å². The lowest BCUT2D eigenvalue weighted by Crippen LogP contribution is -1.81. The number of hydrogen-bond donors (Lipinski definition) is 0. The first kappa shape index (κ1) is 26.7. The Morgan fingerprint density at radius 2 is 0.742 bits per heavy atom.